The van der Waals surface area contributed by atoms with Crippen molar-refractivity contribution in [1.82, 2.24) is 0 Å². The molecule has 0 radical (unpaired) electrons. The van der Waals surface area contributed by atoms with E-state index in [0.717, 1.165) is 12.1 Å². The molecular weight excluding hydrogens is 292 g/mol. The predicted molar refractivity (Wildman–Crippen MR) is 79.0 cm³/mol. The van der Waals surface area contributed by atoms with Crippen LogP contribution in [-0.4, -0.2) is 15.6 Å². The SMILES string of the molecule is C/C(=N/Nc1ccc([N+](=O)[O-])cc1[N+](=O)[O-])c1ccc(C)o1. The number of aryl methyl sites for hydroxylation is 1. The lowest BCUT2D eigenvalue weighted by molar-refractivity contribution is -0.393. The van der Waals surface area contributed by atoms with Gasteiger partial charge in [-0.1, -0.05) is 0 Å². The van der Waals surface area contributed by atoms with E-state index in [-0.39, 0.29) is 11.4 Å². The third kappa shape index (κ3) is 3.26. The average molecular weight is 304 g/mol. The van der Waals surface area contributed by atoms with Crippen molar-refractivity contribution in [2.45, 2.75) is 13.8 Å². The lowest BCUT2D eigenvalue weighted by atomic mass is 10.2. The van der Waals surface area contributed by atoms with Crippen molar-refractivity contribution in [3.8, 4) is 0 Å². The van der Waals surface area contributed by atoms with Crippen LogP contribution in [0.25, 0.3) is 0 Å². The van der Waals surface area contributed by atoms with Gasteiger partial charge in [0.15, 0.2) is 0 Å². The number of hydrogen-bond acceptors (Lipinski definition) is 7. The number of anilines is 1. The van der Waals surface area contributed by atoms with Crippen molar-refractivity contribution < 1.29 is 14.3 Å². The Bertz CT molecular complexity index is 766. The van der Waals surface area contributed by atoms with E-state index in [2.05, 4.69) is 10.5 Å². The van der Waals surface area contributed by atoms with Crippen molar-refractivity contribution >= 4 is 22.8 Å². The number of hydrogen-bond donors (Lipinski definition) is 1. The summed E-state index contributed by atoms with van der Waals surface area (Å²) < 4.78 is 5.37. The van der Waals surface area contributed by atoms with Gasteiger partial charge in [0, 0.05) is 6.07 Å². The molecule has 2 aromatic rings. The molecule has 2 rings (SSSR count). The number of nitrogens with one attached hydrogen (secondary N) is 1. The number of nitrogens with zero attached hydrogens (tertiary/aromatic N) is 3. The third-order valence-electron chi connectivity index (χ3n) is 2.83. The fraction of sp³-hybridized carbons (Fsp3) is 0.154. The molecule has 1 aromatic carbocycles. The van der Waals surface area contributed by atoms with E-state index in [1.807, 2.05) is 0 Å². The Morgan fingerprint density at radius 1 is 1.18 bits per heavy atom. The van der Waals surface area contributed by atoms with Crippen LogP contribution in [0, 0.1) is 27.2 Å². The molecule has 0 amide bonds. The molecule has 9 heteroatoms. The van der Waals surface area contributed by atoms with Crippen LogP contribution in [0.15, 0.2) is 39.9 Å². The van der Waals surface area contributed by atoms with Crippen molar-refractivity contribution in [3.63, 3.8) is 0 Å². The van der Waals surface area contributed by atoms with Crippen LogP contribution in [0.1, 0.15) is 18.4 Å². The van der Waals surface area contributed by atoms with Gasteiger partial charge in [-0.3, -0.25) is 25.7 Å². The molecule has 22 heavy (non-hydrogen) atoms. The van der Waals surface area contributed by atoms with Gasteiger partial charge in [0.1, 0.15) is 22.9 Å². The largest absolute Gasteiger partial charge is 0.460 e. The summed E-state index contributed by atoms with van der Waals surface area (Å²) in [4.78, 5) is 20.2. The van der Waals surface area contributed by atoms with Gasteiger partial charge in [0.05, 0.1) is 15.9 Å². The highest BCUT2D eigenvalue weighted by molar-refractivity contribution is 5.96. The van der Waals surface area contributed by atoms with Crippen molar-refractivity contribution in [2.75, 3.05) is 5.43 Å². The minimum atomic E-state index is -0.711. The summed E-state index contributed by atoms with van der Waals surface area (Å²) in [5, 5.41) is 25.6. The fourth-order valence-electron chi connectivity index (χ4n) is 1.71. The van der Waals surface area contributed by atoms with Gasteiger partial charge in [0.2, 0.25) is 0 Å². The van der Waals surface area contributed by atoms with Crippen LogP contribution in [0.5, 0.6) is 0 Å². The molecule has 0 aliphatic rings. The van der Waals surface area contributed by atoms with Gasteiger partial charge >= 0.3 is 5.69 Å². The molecule has 114 valence electrons. The maximum atomic E-state index is 11.0. The van der Waals surface area contributed by atoms with Crippen molar-refractivity contribution in [2.24, 2.45) is 5.10 Å². The van der Waals surface area contributed by atoms with Gasteiger partial charge in [-0.05, 0) is 32.0 Å². The first-order valence-corrected chi connectivity index (χ1v) is 6.18. The summed E-state index contributed by atoms with van der Waals surface area (Å²) in [5.74, 6) is 1.24. The standard InChI is InChI=1S/C13H12N4O5/c1-8-3-6-13(22-8)9(2)14-15-11-5-4-10(16(18)19)7-12(11)17(20)21/h3-7,15H,1-2H3/b14-9-. The first-order valence-electron chi connectivity index (χ1n) is 6.18. The maximum Gasteiger partial charge on any atom is 0.301 e. The number of nitro benzene ring substituents is 2. The second-order valence-corrected chi connectivity index (χ2v) is 4.43. The van der Waals surface area contributed by atoms with E-state index < -0.39 is 15.5 Å². The van der Waals surface area contributed by atoms with E-state index >= 15 is 0 Å². The molecular formula is C13H12N4O5. The Kier molecular flexibility index (Phi) is 4.16. The summed E-state index contributed by atoms with van der Waals surface area (Å²) >= 11 is 0. The second kappa shape index (κ2) is 6.04. The van der Waals surface area contributed by atoms with E-state index in [1.54, 1.807) is 26.0 Å². The third-order valence-corrected chi connectivity index (χ3v) is 2.83. The molecule has 0 fully saturated rings. The Labute approximate surface area is 124 Å². The summed E-state index contributed by atoms with van der Waals surface area (Å²) in [6, 6.07) is 6.77. The van der Waals surface area contributed by atoms with E-state index in [9.17, 15) is 20.2 Å². The number of benzene rings is 1. The van der Waals surface area contributed by atoms with Gasteiger partial charge in [-0.2, -0.15) is 5.10 Å². The van der Waals surface area contributed by atoms with Crippen LogP contribution in [0.4, 0.5) is 17.1 Å². The summed E-state index contributed by atoms with van der Waals surface area (Å²) in [6.07, 6.45) is 0. The molecule has 0 aliphatic carbocycles. The topological polar surface area (TPSA) is 124 Å². The van der Waals surface area contributed by atoms with E-state index in [1.165, 1.54) is 6.07 Å². The molecule has 0 aliphatic heterocycles. The molecule has 0 spiro atoms. The van der Waals surface area contributed by atoms with Gasteiger partial charge in [0.25, 0.3) is 5.69 Å². The molecule has 1 aromatic heterocycles. The van der Waals surface area contributed by atoms with Crippen molar-refractivity contribution in [1.29, 1.82) is 0 Å². The Morgan fingerprint density at radius 2 is 1.91 bits per heavy atom. The van der Waals surface area contributed by atoms with Crippen molar-refractivity contribution in [3.05, 3.63) is 62.1 Å². The van der Waals surface area contributed by atoms with E-state index in [4.69, 9.17) is 4.42 Å². The maximum absolute atomic E-state index is 11.0. The number of non-ortho nitro benzene ring substituents is 1. The molecule has 9 nitrogen and oxygen atoms in total. The highest BCUT2D eigenvalue weighted by Crippen LogP contribution is 2.29. The Morgan fingerprint density at radius 3 is 2.45 bits per heavy atom. The predicted octanol–water partition coefficient (Wildman–Crippen LogP) is 3.24. The number of nitro groups is 2. The first kappa shape index (κ1) is 15.2. The molecule has 0 bridgehead atoms. The molecule has 0 saturated carbocycles. The van der Waals surface area contributed by atoms with Crippen LogP contribution in [0.3, 0.4) is 0 Å². The number of furan rings is 1. The van der Waals surface area contributed by atoms with E-state index in [0.29, 0.717) is 17.2 Å². The molecule has 1 heterocycles. The Hall–Kier alpha value is -3.23. The second-order valence-electron chi connectivity index (χ2n) is 4.43. The number of hydrazone groups is 1. The summed E-state index contributed by atoms with van der Waals surface area (Å²) in [6.45, 7) is 3.45. The minimum absolute atomic E-state index is 0.0539. The Balaban J connectivity index is 2.29. The fourth-order valence-corrected chi connectivity index (χ4v) is 1.71. The van der Waals surface area contributed by atoms with Crippen LogP contribution >= 0.6 is 0 Å². The lowest BCUT2D eigenvalue weighted by Crippen LogP contribution is -2.01. The van der Waals surface area contributed by atoms with Gasteiger partial charge in [-0.15, -0.1) is 0 Å². The normalized spacial score (nSPS) is 11.3. The molecule has 0 saturated heterocycles. The zero-order chi connectivity index (χ0) is 16.3. The van der Waals surface area contributed by atoms with Crippen LogP contribution in [-0.2, 0) is 0 Å². The van der Waals surface area contributed by atoms with Crippen LogP contribution < -0.4 is 5.43 Å². The molecule has 0 unspecified atom stereocenters. The zero-order valence-electron chi connectivity index (χ0n) is 11.8. The van der Waals surface area contributed by atoms with Gasteiger partial charge < -0.3 is 4.42 Å². The number of rotatable bonds is 5. The zero-order valence-corrected chi connectivity index (χ0v) is 11.8. The molecule has 0 atom stereocenters. The monoisotopic (exact) mass is 304 g/mol. The van der Waals surface area contributed by atoms with Crippen LogP contribution in [0.2, 0.25) is 0 Å². The lowest BCUT2D eigenvalue weighted by Gasteiger charge is -2.03. The smallest absolute Gasteiger partial charge is 0.301 e. The summed E-state index contributed by atoms with van der Waals surface area (Å²) in [5.41, 5.74) is 2.28. The molecule has 1 N–H and O–H groups in total. The quantitative estimate of drug-likeness (QED) is 0.513. The highest BCUT2D eigenvalue weighted by atomic mass is 16.6. The minimum Gasteiger partial charge on any atom is -0.460 e. The highest BCUT2D eigenvalue weighted by Gasteiger charge is 2.19. The van der Waals surface area contributed by atoms with Gasteiger partial charge in [-0.25, -0.2) is 0 Å². The summed E-state index contributed by atoms with van der Waals surface area (Å²) in [7, 11) is 0. The first-order chi connectivity index (χ1) is 10.4. The average Bonchev–Trinajstić information content (AvgIpc) is 2.91.